The number of ether oxygens (including phenoxy) is 2. The molecule has 1 N–H and O–H groups in total. The molecule has 0 spiro atoms. The summed E-state index contributed by atoms with van der Waals surface area (Å²) in [5.41, 5.74) is 1.31. The van der Waals surface area contributed by atoms with E-state index in [0.29, 0.717) is 18.7 Å². The van der Waals surface area contributed by atoms with Crippen molar-refractivity contribution < 1.29 is 18.7 Å². The van der Waals surface area contributed by atoms with Gasteiger partial charge in [-0.2, -0.15) is 0 Å². The molecule has 1 atom stereocenters. The number of nitrogens with one attached hydrogen (secondary N) is 1. The molecule has 0 saturated carbocycles. The predicted octanol–water partition coefficient (Wildman–Crippen LogP) is 4.48. The minimum Gasteiger partial charge on any atom is -0.491 e. The maximum absolute atomic E-state index is 13.6. The molecule has 1 aliphatic heterocycles. The van der Waals surface area contributed by atoms with Crippen LogP contribution in [0.2, 0.25) is 0 Å². The molecule has 0 bridgehead atoms. The van der Waals surface area contributed by atoms with E-state index in [9.17, 15) is 9.18 Å². The zero-order chi connectivity index (χ0) is 19.1. The fraction of sp³-hybridized carbons (Fsp3) is 0.286. The van der Waals surface area contributed by atoms with Crippen molar-refractivity contribution in [1.29, 1.82) is 0 Å². The molecule has 0 aromatic heterocycles. The summed E-state index contributed by atoms with van der Waals surface area (Å²) in [6, 6.07) is 12.2. The van der Waals surface area contributed by atoms with Gasteiger partial charge in [0.1, 0.15) is 18.2 Å². The van der Waals surface area contributed by atoms with Gasteiger partial charge in [-0.15, -0.1) is 0 Å². The average Bonchev–Trinajstić information content (AvgIpc) is 3.20. The lowest BCUT2D eigenvalue weighted by atomic mass is 10.2. The van der Waals surface area contributed by atoms with Gasteiger partial charge in [-0.1, -0.05) is 28.1 Å². The molecule has 27 heavy (non-hydrogen) atoms. The van der Waals surface area contributed by atoms with Crippen LogP contribution in [0, 0.1) is 5.82 Å². The van der Waals surface area contributed by atoms with Crippen LogP contribution >= 0.6 is 15.9 Å². The molecule has 1 unspecified atom stereocenters. The van der Waals surface area contributed by atoms with Crippen LogP contribution in [0.5, 0.6) is 5.75 Å². The Labute approximate surface area is 166 Å². The summed E-state index contributed by atoms with van der Waals surface area (Å²) in [5, 5.41) is 2.78. The van der Waals surface area contributed by atoms with Gasteiger partial charge >= 0.3 is 0 Å². The Kier molecular flexibility index (Phi) is 7.01. The molecule has 1 fully saturated rings. The molecular weight excluding hydrogens is 413 g/mol. The van der Waals surface area contributed by atoms with Crippen LogP contribution in [0.1, 0.15) is 24.0 Å². The summed E-state index contributed by atoms with van der Waals surface area (Å²) >= 11 is 3.28. The number of amides is 1. The van der Waals surface area contributed by atoms with Crippen molar-refractivity contribution in [3.63, 3.8) is 0 Å². The number of benzene rings is 2. The minimum absolute atomic E-state index is 0.186. The first-order valence-electron chi connectivity index (χ1n) is 8.84. The van der Waals surface area contributed by atoms with Crippen molar-refractivity contribution in [3.8, 4) is 5.75 Å². The molecular formula is C21H21BrFNO3. The standard InChI is InChI=1S/C21H21BrFNO3/c22-17-6-9-20(23)16(12-17)5-10-21(25)24-13-15-3-7-18(8-4-15)27-14-19-2-1-11-26-19/h3-10,12,19H,1-2,11,13-14H2,(H,24,25)/b10-5+. The molecule has 0 radical (unpaired) electrons. The minimum atomic E-state index is -0.374. The number of hydrogen-bond donors (Lipinski definition) is 1. The third-order valence-electron chi connectivity index (χ3n) is 4.22. The molecule has 0 aliphatic carbocycles. The van der Waals surface area contributed by atoms with Crippen molar-refractivity contribution >= 4 is 27.9 Å². The summed E-state index contributed by atoms with van der Waals surface area (Å²) in [6.07, 6.45) is 5.10. The van der Waals surface area contributed by atoms with Crippen LogP contribution in [-0.4, -0.2) is 25.2 Å². The van der Waals surface area contributed by atoms with E-state index in [-0.39, 0.29) is 17.8 Å². The highest BCUT2D eigenvalue weighted by Crippen LogP contribution is 2.18. The maximum atomic E-state index is 13.6. The molecule has 3 rings (SSSR count). The first-order valence-corrected chi connectivity index (χ1v) is 9.64. The number of halogens is 2. The van der Waals surface area contributed by atoms with E-state index in [1.54, 1.807) is 12.1 Å². The average molecular weight is 434 g/mol. The summed E-state index contributed by atoms with van der Waals surface area (Å²) in [4.78, 5) is 11.9. The largest absolute Gasteiger partial charge is 0.491 e. The molecule has 1 aliphatic rings. The topological polar surface area (TPSA) is 47.6 Å². The normalized spacial score (nSPS) is 16.6. The summed E-state index contributed by atoms with van der Waals surface area (Å²) in [7, 11) is 0. The van der Waals surface area contributed by atoms with Crippen molar-refractivity contribution in [2.45, 2.75) is 25.5 Å². The highest BCUT2D eigenvalue weighted by Gasteiger charge is 2.15. The second-order valence-electron chi connectivity index (χ2n) is 6.31. The van der Waals surface area contributed by atoms with Crippen LogP contribution in [0.15, 0.2) is 53.0 Å². The van der Waals surface area contributed by atoms with Crippen molar-refractivity contribution in [1.82, 2.24) is 5.32 Å². The lowest BCUT2D eigenvalue weighted by Gasteiger charge is -2.11. The van der Waals surface area contributed by atoms with Gasteiger partial charge in [0.2, 0.25) is 5.91 Å². The number of hydrogen-bond acceptors (Lipinski definition) is 3. The smallest absolute Gasteiger partial charge is 0.244 e. The fourth-order valence-corrected chi connectivity index (χ4v) is 3.10. The predicted molar refractivity (Wildman–Crippen MR) is 106 cm³/mol. The molecule has 2 aromatic carbocycles. The highest BCUT2D eigenvalue weighted by atomic mass is 79.9. The van der Waals surface area contributed by atoms with Gasteiger partial charge < -0.3 is 14.8 Å². The zero-order valence-corrected chi connectivity index (χ0v) is 16.4. The SMILES string of the molecule is O=C(/C=C/c1cc(Br)ccc1F)NCc1ccc(OCC2CCCO2)cc1. The van der Waals surface area contributed by atoms with E-state index in [1.807, 2.05) is 24.3 Å². The van der Waals surface area contributed by atoms with Gasteiger partial charge in [0.25, 0.3) is 0 Å². The Hall–Kier alpha value is -2.18. The van der Waals surface area contributed by atoms with E-state index in [2.05, 4.69) is 21.2 Å². The van der Waals surface area contributed by atoms with Crippen molar-refractivity contribution in [2.75, 3.05) is 13.2 Å². The Balaban J connectivity index is 1.45. The second-order valence-corrected chi connectivity index (χ2v) is 7.22. The van der Waals surface area contributed by atoms with Gasteiger partial charge in [0.05, 0.1) is 6.10 Å². The van der Waals surface area contributed by atoms with Crippen LogP contribution in [0.25, 0.3) is 6.08 Å². The second kappa shape index (κ2) is 9.67. The number of rotatable bonds is 7. The molecule has 1 amide bonds. The quantitative estimate of drug-likeness (QED) is 0.654. The lowest BCUT2D eigenvalue weighted by Crippen LogP contribution is -2.20. The first kappa shape index (κ1) is 19.6. The monoisotopic (exact) mass is 433 g/mol. The van der Waals surface area contributed by atoms with Crippen molar-refractivity contribution in [3.05, 3.63) is 70.0 Å². The van der Waals surface area contributed by atoms with Gasteiger partial charge in [-0.3, -0.25) is 4.79 Å². The highest BCUT2D eigenvalue weighted by molar-refractivity contribution is 9.10. The molecule has 142 valence electrons. The van der Waals surface area contributed by atoms with Gasteiger partial charge in [-0.05, 0) is 54.8 Å². The van der Waals surface area contributed by atoms with E-state index in [1.165, 1.54) is 18.2 Å². The summed E-state index contributed by atoms with van der Waals surface area (Å²) in [5.74, 6) is 0.125. The van der Waals surface area contributed by atoms with Crippen LogP contribution in [0.4, 0.5) is 4.39 Å². The number of carbonyl (C=O) groups is 1. The van der Waals surface area contributed by atoms with Crippen molar-refractivity contribution in [2.24, 2.45) is 0 Å². The summed E-state index contributed by atoms with van der Waals surface area (Å²) < 4.78 is 25.6. The fourth-order valence-electron chi connectivity index (χ4n) is 2.72. The Morgan fingerprint density at radius 3 is 2.85 bits per heavy atom. The zero-order valence-electron chi connectivity index (χ0n) is 14.8. The third-order valence-corrected chi connectivity index (χ3v) is 4.72. The van der Waals surface area contributed by atoms with E-state index in [4.69, 9.17) is 9.47 Å². The van der Waals surface area contributed by atoms with E-state index in [0.717, 1.165) is 35.2 Å². The molecule has 4 nitrogen and oxygen atoms in total. The van der Waals surface area contributed by atoms with Gasteiger partial charge in [0, 0.05) is 29.3 Å². The van der Waals surface area contributed by atoms with Gasteiger partial charge in [0.15, 0.2) is 0 Å². The maximum Gasteiger partial charge on any atom is 0.244 e. The molecule has 2 aromatic rings. The van der Waals surface area contributed by atoms with Crippen LogP contribution in [0.3, 0.4) is 0 Å². The number of carbonyl (C=O) groups excluding carboxylic acids is 1. The third kappa shape index (κ3) is 6.19. The Morgan fingerprint density at radius 1 is 1.30 bits per heavy atom. The Bertz CT molecular complexity index is 802. The molecule has 1 saturated heterocycles. The lowest BCUT2D eigenvalue weighted by molar-refractivity contribution is -0.116. The molecule has 1 heterocycles. The van der Waals surface area contributed by atoms with Crippen LogP contribution in [-0.2, 0) is 16.1 Å². The van der Waals surface area contributed by atoms with E-state index >= 15 is 0 Å². The van der Waals surface area contributed by atoms with Gasteiger partial charge in [-0.25, -0.2) is 4.39 Å². The summed E-state index contributed by atoms with van der Waals surface area (Å²) in [6.45, 7) is 1.76. The first-order chi connectivity index (χ1) is 13.1. The molecule has 6 heteroatoms. The van der Waals surface area contributed by atoms with Crippen LogP contribution < -0.4 is 10.1 Å². The Morgan fingerprint density at radius 2 is 2.11 bits per heavy atom. The van der Waals surface area contributed by atoms with E-state index < -0.39 is 0 Å².